The molecule has 0 saturated carbocycles. The summed E-state index contributed by atoms with van der Waals surface area (Å²) >= 11 is 0. The monoisotopic (exact) mass is 776 g/mol. The van der Waals surface area contributed by atoms with Gasteiger partial charge in [0.25, 0.3) is 0 Å². The molecule has 0 aliphatic heterocycles. The molecular weight excluding hydrogens is 736 g/mol. The Labute approximate surface area is 319 Å². The van der Waals surface area contributed by atoms with Gasteiger partial charge in [0.2, 0.25) is 0 Å². The minimum Gasteiger partial charge on any atom is -0.508 e. The summed E-state index contributed by atoms with van der Waals surface area (Å²) in [6, 6.07) is 11.0. The Hall–Kier alpha value is -6.84. The first-order valence-electron chi connectivity index (χ1n) is 17.2. The van der Waals surface area contributed by atoms with Crippen LogP contribution in [-0.2, 0) is 19.2 Å². The molecule has 8 N–H and O–H groups in total. The van der Waals surface area contributed by atoms with Gasteiger partial charge in [-0.05, 0) is 24.3 Å². The Morgan fingerprint density at radius 1 is 0.375 bits per heavy atom. The van der Waals surface area contributed by atoms with Crippen molar-refractivity contribution in [3.05, 3.63) is 93.0 Å². The third-order valence-electron chi connectivity index (χ3n) is 9.77. The number of hydrogen-bond donors (Lipinski definition) is 8. The zero-order valence-electron chi connectivity index (χ0n) is 30.6. The van der Waals surface area contributed by atoms with E-state index in [9.17, 15) is 60.0 Å². The van der Waals surface area contributed by atoms with Crippen molar-refractivity contribution in [3.8, 4) is 46.0 Å². The van der Waals surface area contributed by atoms with E-state index in [1.54, 1.807) is 39.8 Å². The van der Waals surface area contributed by atoms with Crippen molar-refractivity contribution in [2.45, 2.75) is 51.4 Å². The number of benzene rings is 4. The molecular formula is C40H40O16. The molecule has 0 aromatic heterocycles. The molecule has 56 heavy (non-hydrogen) atoms. The van der Waals surface area contributed by atoms with Crippen LogP contribution < -0.4 is 18.9 Å². The Kier molecular flexibility index (Phi) is 11.7. The lowest BCUT2D eigenvalue weighted by molar-refractivity contribution is -0.140. The van der Waals surface area contributed by atoms with E-state index in [4.69, 9.17) is 18.9 Å². The molecule has 8 bridgehead atoms. The van der Waals surface area contributed by atoms with Gasteiger partial charge in [-0.1, -0.05) is 27.7 Å². The third kappa shape index (κ3) is 8.43. The molecule has 4 aromatic rings. The maximum atomic E-state index is 11.6. The summed E-state index contributed by atoms with van der Waals surface area (Å²) in [6.45, 7) is 3.48. The summed E-state index contributed by atoms with van der Waals surface area (Å²) in [5, 5.41) is 83.0. The van der Waals surface area contributed by atoms with E-state index in [0.717, 1.165) is 12.1 Å². The number of aromatic hydroxyl groups is 4. The Morgan fingerprint density at radius 3 is 0.768 bits per heavy atom. The fourth-order valence-corrected chi connectivity index (χ4v) is 6.88. The SMILES string of the molecule is C[C@@H]1c2cc(c(O)cc2O)[C@H](C)c2cc(c(OCC(=O)O)cc2OCC(=O)O)[C@@H](C)c2cc(c(O)cc2O)[C@@H](C)c2cc1c(OCC(=O)O)cc2OCC(=O)O. The van der Waals surface area contributed by atoms with Crippen molar-refractivity contribution >= 4 is 23.9 Å². The van der Waals surface area contributed by atoms with Gasteiger partial charge in [0.05, 0.1) is 0 Å². The van der Waals surface area contributed by atoms with Crippen LogP contribution in [0.1, 0.15) is 95.9 Å². The second kappa shape index (κ2) is 16.3. The zero-order chi connectivity index (χ0) is 41.2. The lowest BCUT2D eigenvalue weighted by atomic mass is 9.80. The number of phenols is 4. The van der Waals surface area contributed by atoms with E-state index in [2.05, 4.69) is 0 Å². The van der Waals surface area contributed by atoms with E-state index in [0.29, 0.717) is 22.3 Å². The quantitative estimate of drug-likeness (QED) is 0.0909. The molecule has 4 atom stereocenters. The van der Waals surface area contributed by atoms with E-state index in [1.807, 2.05) is 0 Å². The normalized spacial score (nSPS) is 17.4. The number of hydrogen-bond acceptors (Lipinski definition) is 12. The number of fused-ring (bicyclic) bond motifs is 8. The summed E-state index contributed by atoms with van der Waals surface area (Å²) in [7, 11) is 0. The molecule has 1 aliphatic carbocycles. The number of phenolic OH excluding ortho intramolecular Hbond substituents is 4. The van der Waals surface area contributed by atoms with E-state index < -0.39 is 74.0 Å². The van der Waals surface area contributed by atoms with Gasteiger partial charge in [0.15, 0.2) is 26.4 Å². The summed E-state index contributed by atoms with van der Waals surface area (Å²) in [4.78, 5) is 46.5. The number of ether oxygens (including phenoxy) is 4. The number of carbonyl (C=O) groups is 4. The van der Waals surface area contributed by atoms with Gasteiger partial charge in [0, 0.05) is 92.4 Å². The van der Waals surface area contributed by atoms with Gasteiger partial charge >= 0.3 is 23.9 Å². The summed E-state index contributed by atoms with van der Waals surface area (Å²) in [5.74, 6) is -10.1. The van der Waals surface area contributed by atoms with Crippen LogP contribution in [-0.4, -0.2) is 91.2 Å². The highest BCUT2D eigenvalue weighted by Crippen LogP contribution is 2.50. The number of rotatable bonds is 12. The standard InChI is InChI=1S/C40H40O16/c1-17-21-5-22(30(42)9-29(21)41)18(2)27-8-28(36(56-16-40(51)52)12-35(27)55-15-39(49)50)20(4)24-6-23(31(43)10-32(24)44)19(3)26-7-25(17)33(53-13-37(45)46)11-34(26)54-14-38(47)48/h5-12,17-20,41-44H,13-16H2,1-4H3,(H,45,46)(H,47,48)(H,49,50)(H,51,52)/t17-,18+,19-,20+. The van der Waals surface area contributed by atoms with Crippen LogP contribution in [0.25, 0.3) is 0 Å². The molecule has 5 rings (SSSR count). The minimum absolute atomic E-state index is 0.0328. The van der Waals surface area contributed by atoms with Crippen LogP contribution in [0, 0.1) is 0 Å². The Morgan fingerprint density at radius 2 is 0.571 bits per heavy atom. The number of carboxylic acid groups (broad SMARTS) is 4. The van der Waals surface area contributed by atoms with Gasteiger partial charge in [0.1, 0.15) is 46.0 Å². The smallest absolute Gasteiger partial charge is 0.341 e. The van der Waals surface area contributed by atoms with Crippen LogP contribution in [0.4, 0.5) is 0 Å². The summed E-state index contributed by atoms with van der Waals surface area (Å²) in [5.41, 5.74) is 2.15. The second-order valence-electron chi connectivity index (χ2n) is 13.4. The largest absolute Gasteiger partial charge is 0.508 e. The zero-order valence-corrected chi connectivity index (χ0v) is 30.6. The van der Waals surface area contributed by atoms with Crippen LogP contribution in [0.15, 0.2) is 48.5 Å². The van der Waals surface area contributed by atoms with Crippen molar-refractivity contribution in [2.24, 2.45) is 0 Å². The van der Waals surface area contributed by atoms with Crippen molar-refractivity contribution in [2.75, 3.05) is 26.4 Å². The average Bonchev–Trinajstić information content (AvgIpc) is 3.12. The van der Waals surface area contributed by atoms with Gasteiger partial charge in [-0.25, -0.2) is 19.2 Å². The van der Waals surface area contributed by atoms with Crippen LogP contribution >= 0.6 is 0 Å². The lowest BCUT2D eigenvalue weighted by Gasteiger charge is -2.27. The van der Waals surface area contributed by atoms with E-state index >= 15 is 0 Å². The molecule has 16 heteroatoms. The third-order valence-corrected chi connectivity index (χ3v) is 9.77. The summed E-state index contributed by atoms with van der Waals surface area (Å²) < 4.78 is 22.7. The molecule has 0 unspecified atom stereocenters. The molecule has 0 saturated heterocycles. The first-order chi connectivity index (χ1) is 26.4. The first-order valence-corrected chi connectivity index (χ1v) is 17.2. The topological polar surface area (TPSA) is 267 Å². The van der Waals surface area contributed by atoms with Crippen LogP contribution in [0.2, 0.25) is 0 Å². The Bertz CT molecular complexity index is 1920. The highest BCUT2D eigenvalue weighted by Gasteiger charge is 2.31. The first kappa shape index (κ1) is 40.3. The maximum absolute atomic E-state index is 11.6. The number of carboxylic acids is 4. The van der Waals surface area contributed by atoms with Crippen LogP contribution in [0.5, 0.6) is 46.0 Å². The Balaban J connectivity index is 1.90. The van der Waals surface area contributed by atoms with Gasteiger partial charge in [-0.2, -0.15) is 0 Å². The predicted octanol–water partition coefficient (Wildman–Crippen LogP) is 5.28. The predicted molar refractivity (Wildman–Crippen MR) is 195 cm³/mol. The van der Waals surface area contributed by atoms with Crippen molar-refractivity contribution in [1.29, 1.82) is 0 Å². The van der Waals surface area contributed by atoms with Gasteiger partial charge < -0.3 is 59.8 Å². The molecule has 1 aliphatic rings. The van der Waals surface area contributed by atoms with E-state index in [1.165, 1.54) is 24.3 Å². The molecule has 4 aromatic carbocycles. The second-order valence-corrected chi connectivity index (χ2v) is 13.4. The minimum atomic E-state index is -1.32. The van der Waals surface area contributed by atoms with Crippen molar-refractivity contribution in [1.82, 2.24) is 0 Å². The van der Waals surface area contributed by atoms with Gasteiger partial charge in [-0.3, -0.25) is 0 Å². The number of aliphatic carboxylic acids is 4. The fourth-order valence-electron chi connectivity index (χ4n) is 6.88. The maximum Gasteiger partial charge on any atom is 0.341 e. The molecule has 0 amide bonds. The van der Waals surface area contributed by atoms with Crippen molar-refractivity contribution < 1.29 is 79.0 Å². The fraction of sp³-hybridized carbons (Fsp3) is 0.300. The molecule has 16 nitrogen and oxygen atoms in total. The molecule has 0 heterocycles. The van der Waals surface area contributed by atoms with Crippen LogP contribution in [0.3, 0.4) is 0 Å². The highest BCUT2D eigenvalue weighted by atomic mass is 16.5. The molecule has 0 radical (unpaired) electrons. The average molecular weight is 777 g/mol. The highest BCUT2D eigenvalue weighted by molar-refractivity contribution is 5.71. The molecule has 0 fully saturated rings. The summed E-state index contributed by atoms with van der Waals surface area (Å²) in [6.07, 6.45) is 0. The van der Waals surface area contributed by atoms with E-state index in [-0.39, 0.29) is 68.2 Å². The van der Waals surface area contributed by atoms with Gasteiger partial charge in [-0.15, -0.1) is 0 Å². The van der Waals surface area contributed by atoms with Crippen molar-refractivity contribution in [3.63, 3.8) is 0 Å². The molecule has 296 valence electrons. The molecule has 0 spiro atoms. The lowest BCUT2D eigenvalue weighted by Crippen LogP contribution is -2.16.